The first-order valence-corrected chi connectivity index (χ1v) is 3.41. The van der Waals surface area contributed by atoms with E-state index in [-0.39, 0.29) is 6.54 Å². The molecule has 4 nitrogen and oxygen atoms in total. The number of hydrogen-bond donors (Lipinski definition) is 2. The predicted octanol–water partition coefficient (Wildman–Crippen LogP) is 0.967. The Morgan fingerprint density at radius 2 is 2.17 bits per heavy atom. The molecule has 0 unspecified atom stereocenters. The van der Waals surface area contributed by atoms with Crippen LogP contribution in [0.15, 0.2) is 30.3 Å². The van der Waals surface area contributed by atoms with Crippen LogP contribution in [-0.4, -0.2) is 22.8 Å². The van der Waals surface area contributed by atoms with Crippen molar-refractivity contribution >= 4 is 11.7 Å². The van der Waals surface area contributed by atoms with Crippen molar-refractivity contribution in [3.05, 3.63) is 30.3 Å². The lowest BCUT2D eigenvalue weighted by molar-refractivity contribution is -0.136. The monoisotopic (exact) mass is 168 g/mol. The van der Waals surface area contributed by atoms with E-state index >= 15 is 0 Å². The van der Waals surface area contributed by atoms with Crippen molar-refractivity contribution < 1.29 is 16.5 Å². The van der Waals surface area contributed by atoms with E-state index in [0.29, 0.717) is 5.69 Å². The molecule has 0 atom stereocenters. The molecule has 0 bridgehead atoms. The molecular formula is C8H9NO3. The molecule has 0 amide bonds. The molecule has 0 heterocycles. The number of para-hydroxylation sites is 1. The Kier molecular flexibility index (Phi) is 2.21. The molecule has 1 aromatic rings. The third-order valence-corrected chi connectivity index (χ3v) is 1.32. The maximum atomic E-state index is 10.3. The van der Waals surface area contributed by atoms with Gasteiger partial charge in [-0.15, -0.1) is 0 Å². The van der Waals surface area contributed by atoms with Crippen molar-refractivity contribution in [1.29, 1.82) is 0 Å². The number of carboxylic acid groups (broad SMARTS) is 1. The molecule has 12 heavy (non-hydrogen) atoms. The first-order chi connectivity index (χ1) is 6.24. The average molecular weight is 168 g/mol. The predicted molar refractivity (Wildman–Crippen MR) is 43.2 cm³/mol. The van der Waals surface area contributed by atoms with E-state index < -0.39 is 5.97 Å². The molecule has 64 valence electrons. The maximum absolute atomic E-state index is 10.3. The van der Waals surface area contributed by atoms with Crippen molar-refractivity contribution in [3.63, 3.8) is 0 Å². The van der Waals surface area contributed by atoms with Gasteiger partial charge in [-0.25, -0.2) is 5.06 Å². The summed E-state index contributed by atoms with van der Waals surface area (Å²) >= 11 is 0. The van der Waals surface area contributed by atoms with Crippen molar-refractivity contribution in [2.24, 2.45) is 0 Å². The highest BCUT2D eigenvalue weighted by Crippen LogP contribution is 2.09. The van der Waals surface area contributed by atoms with Gasteiger partial charge < -0.3 is 5.11 Å². The van der Waals surface area contributed by atoms with Crippen LogP contribution in [0, 0.1) is 0 Å². The molecule has 0 aliphatic carbocycles. The van der Waals surface area contributed by atoms with Crippen LogP contribution in [0.4, 0.5) is 5.69 Å². The molecular weight excluding hydrogens is 158 g/mol. The van der Waals surface area contributed by atoms with Gasteiger partial charge in [-0.3, -0.25) is 10.0 Å². The summed E-state index contributed by atoms with van der Waals surface area (Å²) in [5.41, 5.74) is 0.542. The molecule has 0 radical (unpaired) electrons. The average Bonchev–Trinajstić information content (AvgIpc) is 2.15. The van der Waals surface area contributed by atoms with Crippen LogP contribution in [0.25, 0.3) is 0 Å². The second-order valence-electron chi connectivity index (χ2n) is 2.27. The first-order valence-electron chi connectivity index (χ1n) is 3.82. The zero-order chi connectivity index (χ0) is 9.68. The van der Waals surface area contributed by atoms with Crippen molar-refractivity contribution in [3.8, 4) is 0 Å². The van der Waals surface area contributed by atoms with Crippen LogP contribution in [-0.2, 0) is 4.79 Å². The highest BCUT2D eigenvalue weighted by molar-refractivity contribution is 5.72. The van der Waals surface area contributed by atoms with Crippen LogP contribution in [0.1, 0.15) is 0 Å². The fourth-order valence-corrected chi connectivity index (χ4v) is 0.808. The van der Waals surface area contributed by atoms with Gasteiger partial charge in [-0.05, 0) is 12.1 Å². The van der Waals surface area contributed by atoms with Crippen LogP contribution < -0.4 is 5.06 Å². The number of rotatable bonds is 4. The summed E-state index contributed by atoms with van der Waals surface area (Å²) < 4.78 is 6.65. The summed E-state index contributed by atoms with van der Waals surface area (Å²) in [4.78, 5) is 10.3. The molecule has 4 heteroatoms. The molecule has 0 aromatic heterocycles. The second-order valence-corrected chi connectivity index (χ2v) is 2.27. The van der Waals surface area contributed by atoms with Crippen LogP contribution >= 0.6 is 0 Å². The summed E-state index contributed by atoms with van der Waals surface area (Å²) in [6.45, 7) is -0.354. The minimum absolute atomic E-state index is 0.354. The van der Waals surface area contributed by atoms with E-state index in [4.69, 9.17) is 6.54 Å². The third-order valence-electron chi connectivity index (χ3n) is 1.32. The lowest BCUT2D eigenvalue weighted by Gasteiger charge is -2.13. The fraction of sp³-hybridized carbons (Fsp3) is 0.125. The maximum Gasteiger partial charge on any atom is 0.325 e. The number of carbonyl (C=O) groups is 1. The van der Waals surface area contributed by atoms with Gasteiger partial charge in [0, 0.05) is 0 Å². The highest BCUT2D eigenvalue weighted by Gasteiger charge is 2.05. The third kappa shape index (κ3) is 2.25. The van der Waals surface area contributed by atoms with E-state index in [1.54, 1.807) is 30.3 Å². The minimum atomic E-state index is -1.05. The molecule has 0 aliphatic rings. The summed E-state index contributed by atoms with van der Waals surface area (Å²) in [6.07, 6.45) is 0. The smallest absolute Gasteiger partial charge is 0.325 e. The zero-order valence-corrected chi connectivity index (χ0v) is 6.30. The number of benzene rings is 1. The van der Waals surface area contributed by atoms with Gasteiger partial charge in [0.15, 0.2) is 0 Å². The normalized spacial score (nSPS) is 10.5. The SMILES string of the molecule is [2H]ON(CC(=O)O)c1ccccc1. The quantitative estimate of drug-likeness (QED) is 0.657. The molecule has 0 spiro atoms. The zero-order valence-electron chi connectivity index (χ0n) is 7.30. The van der Waals surface area contributed by atoms with E-state index in [2.05, 4.69) is 5.21 Å². The largest absolute Gasteiger partial charge is 0.480 e. The van der Waals surface area contributed by atoms with Crippen molar-refractivity contribution in [1.82, 2.24) is 0 Å². The molecule has 1 aromatic carbocycles. The van der Waals surface area contributed by atoms with E-state index in [0.717, 1.165) is 5.06 Å². The Morgan fingerprint density at radius 3 is 2.67 bits per heavy atom. The fourth-order valence-electron chi connectivity index (χ4n) is 0.808. The molecule has 0 saturated carbocycles. The molecule has 0 aliphatic heterocycles. The Morgan fingerprint density at radius 1 is 1.50 bits per heavy atom. The highest BCUT2D eigenvalue weighted by atomic mass is 16.5. The van der Waals surface area contributed by atoms with Crippen molar-refractivity contribution in [2.45, 2.75) is 0 Å². The number of anilines is 1. The molecule has 1 rings (SSSR count). The van der Waals surface area contributed by atoms with Crippen molar-refractivity contribution in [2.75, 3.05) is 11.6 Å². The summed E-state index contributed by atoms with van der Waals surface area (Å²) in [6, 6.07) is 8.60. The van der Waals surface area contributed by atoms with E-state index in [1.165, 1.54) is 0 Å². The molecule has 2 N–H and O–H groups in total. The second kappa shape index (κ2) is 3.73. The number of hydrogen-bond acceptors (Lipinski definition) is 3. The topological polar surface area (TPSA) is 60.8 Å². The number of nitrogens with zero attached hydrogens (tertiary/aromatic N) is 1. The minimum Gasteiger partial charge on any atom is -0.480 e. The molecule has 0 saturated heterocycles. The number of hydroxylamine groups is 1. The number of aliphatic carboxylic acids is 1. The lowest BCUT2D eigenvalue weighted by atomic mass is 10.3. The van der Waals surface area contributed by atoms with Crippen LogP contribution in [0.5, 0.6) is 0 Å². The molecule has 0 fully saturated rings. The van der Waals surface area contributed by atoms with Crippen LogP contribution in [0.2, 0.25) is 1.43 Å². The first kappa shape index (κ1) is 7.12. The Labute approximate surface area is 71.1 Å². The lowest BCUT2D eigenvalue weighted by Crippen LogP contribution is -2.25. The van der Waals surface area contributed by atoms with E-state index in [9.17, 15) is 4.79 Å². The Bertz CT molecular complexity index is 278. The Hall–Kier alpha value is -1.55. The van der Waals surface area contributed by atoms with Gasteiger partial charge in [-0.2, -0.15) is 0 Å². The van der Waals surface area contributed by atoms with Gasteiger partial charge in [0.2, 0.25) is 1.43 Å². The summed E-state index contributed by atoms with van der Waals surface area (Å²) in [5.74, 6) is -1.05. The van der Waals surface area contributed by atoms with Gasteiger partial charge in [-0.1, -0.05) is 18.2 Å². The van der Waals surface area contributed by atoms with Gasteiger partial charge in [0.1, 0.15) is 6.54 Å². The van der Waals surface area contributed by atoms with Gasteiger partial charge in [0.05, 0.1) is 5.69 Å². The van der Waals surface area contributed by atoms with Gasteiger partial charge in [0.25, 0.3) is 0 Å². The number of carboxylic acids is 1. The van der Waals surface area contributed by atoms with E-state index in [1.807, 2.05) is 0 Å². The Balaban J connectivity index is 2.73. The van der Waals surface area contributed by atoms with Crippen LogP contribution in [0.3, 0.4) is 0 Å². The van der Waals surface area contributed by atoms with Gasteiger partial charge >= 0.3 is 5.97 Å². The summed E-state index contributed by atoms with van der Waals surface area (Å²) in [7, 11) is 0. The standard InChI is InChI=1S/C8H9NO3/c10-8(11)6-9(12)7-4-2-1-3-5-7/h1-5,12H,6H2,(H,10,11)/i12D. The summed E-state index contributed by atoms with van der Waals surface area (Å²) in [5, 5.41) is 13.6.